The second-order valence-corrected chi connectivity index (χ2v) is 6.03. The van der Waals surface area contributed by atoms with Crippen LogP contribution in [-0.2, 0) is 14.3 Å². The van der Waals surface area contributed by atoms with E-state index in [1.54, 1.807) is 6.92 Å². The van der Waals surface area contributed by atoms with Gasteiger partial charge in [0.05, 0.1) is 0 Å². The summed E-state index contributed by atoms with van der Waals surface area (Å²) in [5.41, 5.74) is 0.329. The van der Waals surface area contributed by atoms with Gasteiger partial charge >= 0.3 is 12.1 Å². The fourth-order valence-corrected chi connectivity index (χ4v) is 1.52. The molecule has 1 amide bonds. The third-order valence-electron chi connectivity index (χ3n) is 2.96. The van der Waals surface area contributed by atoms with Crippen molar-refractivity contribution in [2.45, 2.75) is 53.6 Å². The molecular formula is C16H29NO4. The molecule has 0 aliphatic heterocycles. The van der Waals surface area contributed by atoms with Gasteiger partial charge in [-0.25, -0.2) is 9.59 Å². The molecule has 0 aromatic heterocycles. The van der Waals surface area contributed by atoms with Gasteiger partial charge in [-0.2, -0.15) is 0 Å². The Morgan fingerprint density at radius 2 is 1.81 bits per heavy atom. The smallest absolute Gasteiger partial charge is 0.407 e. The number of hydrogen-bond acceptors (Lipinski definition) is 4. The molecule has 0 saturated heterocycles. The van der Waals surface area contributed by atoms with Crippen LogP contribution in [0.1, 0.15) is 47.5 Å². The molecule has 1 atom stereocenters. The third kappa shape index (κ3) is 9.93. The number of amides is 1. The lowest BCUT2D eigenvalue weighted by Gasteiger charge is -2.21. The Morgan fingerprint density at radius 3 is 2.29 bits per heavy atom. The molecule has 0 saturated carbocycles. The predicted octanol–water partition coefficient (Wildman–Crippen LogP) is 3.29. The van der Waals surface area contributed by atoms with Crippen molar-refractivity contribution in [3.05, 3.63) is 12.2 Å². The third-order valence-corrected chi connectivity index (χ3v) is 2.96. The molecule has 5 heteroatoms. The number of nitrogens with one attached hydrogen (secondary N) is 1. The minimum Gasteiger partial charge on any atom is -0.458 e. The molecule has 122 valence electrons. The quantitative estimate of drug-likeness (QED) is 0.403. The fourth-order valence-electron chi connectivity index (χ4n) is 1.52. The van der Waals surface area contributed by atoms with Gasteiger partial charge in [0.2, 0.25) is 0 Å². The van der Waals surface area contributed by atoms with Crippen molar-refractivity contribution in [1.29, 1.82) is 0 Å². The molecule has 0 radical (unpaired) electrons. The summed E-state index contributed by atoms with van der Waals surface area (Å²) in [7, 11) is 0. The van der Waals surface area contributed by atoms with Gasteiger partial charge in [-0.15, -0.1) is 0 Å². The number of ether oxygens (including phenoxy) is 2. The number of carbonyl (C=O) groups is 2. The number of hydrogen-bond donors (Lipinski definition) is 1. The summed E-state index contributed by atoms with van der Waals surface area (Å²) in [6.45, 7) is 13.8. The highest BCUT2D eigenvalue weighted by Crippen LogP contribution is 2.09. The lowest BCUT2D eigenvalue weighted by molar-refractivity contribution is -0.142. The van der Waals surface area contributed by atoms with E-state index in [2.05, 4.69) is 25.7 Å². The Balaban J connectivity index is 4.10. The Bertz CT molecular complexity index is 350. The fraction of sp³-hybridized carbons (Fsp3) is 0.750. The van der Waals surface area contributed by atoms with E-state index >= 15 is 0 Å². The number of rotatable bonds is 9. The van der Waals surface area contributed by atoms with E-state index in [0.717, 1.165) is 12.8 Å². The minimum atomic E-state index is -0.471. The molecule has 21 heavy (non-hydrogen) atoms. The van der Waals surface area contributed by atoms with Crippen LogP contribution >= 0.6 is 0 Å². The van der Waals surface area contributed by atoms with Gasteiger partial charge in [0.15, 0.2) is 0 Å². The normalized spacial score (nSPS) is 12.1. The molecule has 0 fully saturated rings. The molecule has 0 bridgehead atoms. The second-order valence-electron chi connectivity index (χ2n) is 6.03. The maximum absolute atomic E-state index is 11.7. The van der Waals surface area contributed by atoms with Gasteiger partial charge in [-0.1, -0.05) is 34.3 Å². The summed E-state index contributed by atoms with van der Waals surface area (Å²) in [5, 5.41) is 2.71. The molecule has 0 heterocycles. The van der Waals surface area contributed by atoms with Crippen LogP contribution in [-0.4, -0.2) is 31.3 Å². The highest BCUT2D eigenvalue weighted by molar-refractivity contribution is 5.86. The Kier molecular flexibility index (Phi) is 9.50. The standard InChI is InChI=1S/C16H29NO4/c1-11(2)8-7-9-17-16(19)21-14(12(3)4)10-20-15(18)13(5)6/h11-12,14H,5,7-10H2,1-4,6H3,(H,17,19). The van der Waals surface area contributed by atoms with Gasteiger partial charge in [0.1, 0.15) is 12.7 Å². The van der Waals surface area contributed by atoms with Gasteiger partial charge in [-0.05, 0) is 31.6 Å². The van der Waals surface area contributed by atoms with E-state index < -0.39 is 18.2 Å². The Morgan fingerprint density at radius 1 is 1.19 bits per heavy atom. The van der Waals surface area contributed by atoms with Crippen molar-refractivity contribution in [1.82, 2.24) is 5.32 Å². The first-order valence-electron chi connectivity index (χ1n) is 7.51. The summed E-state index contributed by atoms with van der Waals surface area (Å²) in [5.74, 6) is 0.207. The van der Waals surface area contributed by atoms with E-state index in [1.165, 1.54) is 0 Å². The first-order valence-corrected chi connectivity index (χ1v) is 7.51. The zero-order valence-electron chi connectivity index (χ0n) is 13.9. The molecular weight excluding hydrogens is 270 g/mol. The van der Waals surface area contributed by atoms with Crippen molar-refractivity contribution < 1.29 is 19.1 Å². The van der Waals surface area contributed by atoms with E-state index in [-0.39, 0.29) is 12.5 Å². The molecule has 0 spiro atoms. The highest BCUT2D eigenvalue weighted by atomic mass is 16.6. The van der Waals surface area contributed by atoms with Crippen molar-refractivity contribution >= 4 is 12.1 Å². The summed E-state index contributed by atoms with van der Waals surface area (Å²) in [6, 6.07) is 0. The molecule has 0 aromatic rings. The van der Waals surface area contributed by atoms with Gasteiger partial charge in [-0.3, -0.25) is 0 Å². The molecule has 0 aliphatic rings. The number of esters is 1. The summed E-state index contributed by atoms with van der Waals surface area (Å²) in [6.07, 6.45) is 1.05. The van der Waals surface area contributed by atoms with Crippen LogP contribution in [0.3, 0.4) is 0 Å². The largest absolute Gasteiger partial charge is 0.458 e. The number of alkyl carbamates (subject to hydrolysis) is 1. The van der Waals surface area contributed by atoms with Crippen LogP contribution < -0.4 is 5.32 Å². The van der Waals surface area contributed by atoms with Crippen LogP contribution in [0.5, 0.6) is 0 Å². The molecule has 1 N–H and O–H groups in total. The van der Waals surface area contributed by atoms with Crippen LogP contribution in [0.4, 0.5) is 4.79 Å². The lowest BCUT2D eigenvalue weighted by Crippen LogP contribution is -2.35. The average molecular weight is 299 g/mol. The summed E-state index contributed by atoms with van der Waals surface area (Å²) < 4.78 is 10.3. The second kappa shape index (κ2) is 10.2. The maximum atomic E-state index is 11.7. The number of carbonyl (C=O) groups excluding carboxylic acids is 2. The monoisotopic (exact) mass is 299 g/mol. The van der Waals surface area contributed by atoms with Crippen LogP contribution in [0.2, 0.25) is 0 Å². The summed E-state index contributed by atoms with van der Waals surface area (Å²) in [4.78, 5) is 23.0. The SMILES string of the molecule is C=C(C)C(=O)OCC(OC(=O)NCCCC(C)C)C(C)C. The van der Waals surface area contributed by atoms with Crippen LogP contribution in [0, 0.1) is 11.8 Å². The van der Waals surface area contributed by atoms with Crippen LogP contribution in [0.25, 0.3) is 0 Å². The summed E-state index contributed by atoms with van der Waals surface area (Å²) >= 11 is 0. The predicted molar refractivity (Wildman–Crippen MR) is 83.0 cm³/mol. The van der Waals surface area contributed by atoms with Crippen molar-refractivity contribution in [2.24, 2.45) is 11.8 Å². The van der Waals surface area contributed by atoms with E-state index in [4.69, 9.17) is 9.47 Å². The van der Waals surface area contributed by atoms with Crippen molar-refractivity contribution in [3.63, 3.8) is 0 Å². The molecule has 1 unspecified atom stereocenters. The first-order chi connectivity index (χ1) is 9.73. The average Bonchev–Trinajstić information content (AvgIpc) is 2.38. The topological polar surface area (TPSA) is 64.6 Å². The van der Waals surface area contributed by atoms with Gasteiger partial charge in [0, 0.05) is 12.1 Å². The van der Waals surface area contributed by atoms with Gasteiger partial charge in [0.25, 0.3) is 0 Å². The molecule has 0 aliphatic carbocycles. The highest BCUT2D eigenvalue weighted by Gasteiger charge is 2.20. The van der Waals surface area contributed by atoms with E-state index in [9.17, 15) is 9.59 Å². The van der Waals surface area contributed by atoms with Gasteiger partial charge < -0.3 is 14.8 Å². The minimum absolute atomic E-state index is 0.0444. The van der Waals surface area contributed by atoms with Crippen molar-refractivity contribution in [3.8, 4) is 0 Å². The van der Waals surface area contributed by atoms with E-state index in [0.29, 0.717) is 18.0 Å². The van der Waals surface area contributed by atoms with Crippen molar-refractivity contribution in [2.75, 3.05) is 13.2 Å². The first kappa shape index (κ1) is 19.5. The zero-order valence-corrected chi connectivity index (χ0v) is 13.9. The molecule has 0 rings (SSSR count). The molecule has 0 aromatic carbocycles. The lowest BCUT2D eigenvalue weighted by atomic mass is 10.1. The Hall–Kier alpha value is -1.52. The Labute approximate surface area is 128 Å². The molecule has 5 nitrogen and oxygen atoms in total. The van der Waals surface area contributed by atoms with E-state index in [1.807, 2.05) is 13.8 Å². The zero-order chi connectivity index (χ0) is 16.4. The maximum Gasteiger partial charge on any atom is 0.407 e. The van der Waals surface area contributed by atoms with Crippen LogP contribution in [0.15, 0.2) is 12.2 Å².